The number of nitrogens with zero attached hydrogens (tertiary/aromatic N) is 1. The van der Waals surface area contributed by atoms with E-state index in [1.54, 1.807) is 41.8 Å². The number of carbonyl (C=O) groups excluding carboxylic acids is 1. The van der Waals surface area contributed by atoms with E-state index in [1.807, 2.05) is 36.4 Å². The number of nitrogens with one attached hydrogen (secondary N) is 1. The summed E-state index contributed by atoms with van der Waals surface area (Å²) in [5.41, 5.74) is 3.88. The molecule has 1 aliphatic rings. The lowest BCUT2D eigenvalue weighted by Gasteiger charge is -2.13. The summed E-state index contributed by atoms with van der Waals surface area (Å²) in [6.45, 7) is 0.219. The zero-order chi connectivity index (χ0) is 26.6. The van der Waals surface area contributed by atoms with Crippen LogP contribution in [0.3, 0.4) is 0 Å². The molecule has 1 N–H and O–H groups in total. The number of benzene rings is 3. The summed E-state index contributed by atoms with van der Waals surface area (Å²) < 4.78 is 6.07. The quantitative estimate of drug-likeness (QED) is 0.214. The second-order valence-electron chi connectivity index (χ2n) is 8.81. The lowest BCUT2D eigenvalue weighted by molar-refractivity contribution is 0.102. The Bertz CT molecular complexity index is 1520. The van der Waals surface area contributed by atoms with Gasteiger partial charge in [0, 0.05) is 27.4 Å². The number of hydrogen-bond donors (Lipinski definition) is 1. The highest BCUT2D eigenvalue weighted by Crippen LogP contribution is 2.41. The molecule has 5 rings (SSSR count). The first-order valence-corrected chi connectivity index (χ1v) is 14.3. The number of thiophene rings is 1. The predicted molar refractivity (Wildman–Crippen MR) is 160 cm³/mol. The highest BCUT2D eigenvalue weighted by molar-refractivity contribution is 7.16. The second kappa shape index (κ2) is 12.1. The fraction of sp³-hybridized carbons (Fsp3) is 0.172. The van der Waals surface area contributed by atoms with Crippen molar-refractivity contribution in [3.63, 3.8) is 0 Å². The molecule has 1 aromatic heterocycles. The number of halogens is 4. The lowest BCUT2D eigenvalue weighted by atomic mass is 9.95. The molecule has 3 aromatic carbocycles. The molecule has 0 saturated carbocycles. The SMILES string of the molecule is O=C(Nc1ccccc1)c1c(N=Cc2cc(Cl)cc(Cl)c2OCc2ccc(Cl)c(Cl)c2)sc2c1CCCC2. The van der Waals surface area contributed by atoms with Gasteiger partial charge < -0.3 is 10.1 Å². The van der Waals surface area contributed by atoms with Gasteiger partial charge in [0.25, 0.3) is 5.91 Å². The number of para-hydroxylation sites is 1. The molecule has 1 heterocycles. The van der Waals surface area contributed by atoms with Crippen LogP contribution >= 0.6 is 57.7 Å². The number of amides is 1. The summed E-state index contributed by atoms with van der Waals surface area (Å²) in [6.07, 6.45) is 5.61. The van der Waals surface area contributed by atoms with E-state index in [0.29, 0.717) is 42.0 Å². The lowest BCUT2D eigenvalue weighted by Crippen LogP contribution is -2.14. The van der Waals surface area contributed by atoms with Crippen LogP contribution in [0.2, 0.25) is 20.1 Å². The van der Waals surface area contributed by atoms with Crippen LogP contribution in [0.25, 0.3) is 0 Å². The summed E-state index contributed by atoms with van der Waals surface area (Å²) >= 11 is 26.6. The Morgan fingerprint density at radius 1 is 0.947 bits per heavy atom. The first-order valence-electron chi connectivity index (χ1n) is 12.0. The molecular formula is C29H22Cl4N2O2S. The third-order valence-electron chi connectivity index (χ3n) is 6.14. The summed E-state index contributed by atoms with van der Waals surface area (Å²) in [5, 5.41) is 5.38. The van der Waals surface area contributed by atoms with Crippen LogP contribution in [-0.4, -0.2) is 12.1 Å². The minimum Gasteiger partial charge on any atom is -0.487 e. The Labute approximate surface area is 245 Å². The maximum Gasteiger partial charge on any atom is 0.259 e. The van der Waals surface area contributed by atoms with Gasteiger partial charge in [-0.15, -0.1) is 11.3 Å². The number of carbonyl (C=O) groups is 1. The molecule has 194 valence electrons. The van der Waals surface area contributed by atoms with Crippen LogP contribution in [0.15, 0.2) is 65.7 Å². The minimum atomic E-state index is -0.164. The number of hydrogen-bond acceptors (Lipinski definition) is 4. The molecule has 0 radical (unpaired) electrons. The van der Waals surface area contributed by atoms with E-state index in [2.05, 4.69) is 5.32 Å². The molecule has 0 bridgehead atoms. The third-order valence-corrected chi connectivity index (χ3v) is 8.57. The van der Waals surface area contributed by atoms with Gasteiger partial charge >= 0.3 is 0 Å². The van der Waals surface area contributed by atoms with Crippen molar-refractivity contribution in [2.45, 2.75) is 32.3 Å². The van der Waals surface area contributed by atoms with Crippen molar-refractivity contribution in [1.82, 2.24) is 0 Å². The first-order chi connectivity index (χ1) is 18.4. The average molecular weight is 604 g/mol. The Hall–Kier alpha value is -2.54. The molecule has 0 aliphatic heterocycles. The van der Waals surface area contributed by atoms with Gasteiger partial charge in [0.2, 0.25) is 0 Å². The van der Waals surface area contributed by atoms with Gasteiger partial charge in [-0.1, -0.05) is 70.7 Å². The fourth-order valence-corrected chi connectivity index (χ4v) is 6.45. The smallest absolute Gasteiger partial charge is 0.259 e. The first kappa shape index (κ1) is 27.0. The Kier molecular flexibility index (Phi) is 8.61. The largest absolute Gasteiger partial charge is 0.487 e. The second-order valence-corrected chi connectivity index (χ2v) is 11.6. The van der Waals surface area contributed by atoms with Gasteiger partial charge in [-0.3, -0.25) is 4.79 Å². The molecule has 4 aromatic rings. The molecule has 0 saturated heterocycles. The standard InChI is InChI=1S/C29H22Cl4N2O2S/c30-19-13-18(27(24(33)14-19)37-16-17-10-11-22(31)23(32)12-17)15-34-29-26(21-8-4-5-9-25(21)38-29)28(36)35-20-6-2-1-3-7-20/h1-3,6-7,10-15H,4-5,8-9,16H2,(H,35,36). The van der Waals surface area contributed by atoms with E-state index >= 15 is 0 Å². The fourth-order valence-electron chi connectivity index (χ4n) is 4.33. The highest BCUT2D eigenvalue weighted by Gasteiger charge is 2.25. The van der Waals surface area contributed by atoms with Crippen LogP contribution in [0, 0.1) is 0 Å². The zero-order valence-electron chi connectivity index (χ0n) is 20.1. The van der Waals surface area contributed by atoms with E-state index in [9.17, 15) is 4.79 Å². The molecule has 0 fully saturated rings. The monoisotopic (exact) mass is 602 g/mol. The summed E-state index contributed by atoms with van der Waals surface area (Å²) in [4.78, 5) is 19.4. The van der Waals surface area contributed by atoms with Crippen molar-refractivity contribution in [3.8, 4) is 5.75 Å². The van der Waals surface area contributed by atoms with Crippen LogP contribution in [0.4, 0.5) is 10.7 Å². The maximum atomic E-state index is 13.4. The minimum absolute atomic E-state index is 0.164. The van der Waals surface area contributed by atoms with E-state index in [1.165, 1.54) is 4.88 Å². The van der Waals surface area contributed by atoms with Crippen LogP contribution in [0.1, 0.15) is 44.8 Å². The number of aliphatic imine (C=N–C) groups is 1. The van der Waals surface area contributed by atoms with E-state index in [0.717, 1.165) is 42.5 Å². The number of aryl methyl sites for hydroxylation is 1. The number of fused-ring (bicyclic) bond motifs is 1. The zero-order valence-corrected chi connectivity index (χ0v) is 23.9. The molecule has 9 heteroatoms. The van der Waals surface area contributed by atoms with Crippen LogP contribution < -0.4 is 10.1 Å². The predicted octanol–water partition coefficient (Wildman–Crippen LogP) is 9.82. The molecule has 1 aliphatic carbocycles. The molecule has 0 atom stereocenters. The topological polar surface area (TPSA) is 50.7 Å². The van der Waals surface area contributed by atoms with Crippen molar-refractivity contribution < 1.29 is 9.53 Å². The van der Waals surface area contributed by atoms with Crippen molar-refractivity contribution in [2.75, 3.05) is 5.32 Å². The van der Waals surface area contributed by atoms with Gasteiger partial charge in [-0.05, 0) is 73.2 Å². The van der Waals surface area contributed by atoms with Crippen molar-refractivity contribution >= 4 is 80.6 Å². The van der Waals surface area contributed by atoms with Gasteiger partial charge in [0.05, 0.1) is 20.6 Å². The molecule has 1 amide bonds. The van der Waals surface area contributed by atoms with Gasteiger partial charge in [-0.25, -0.2) is 4.99 Å². The van der Waals surface area contributed by atoms with Crippen molar-refractivity contribution in [1.29, 1.82) is 0 Å². The normalized spacial score (nSPS) is 12.9. The summed E-state index contributed by atoms with van der Waals surface area (Å²) in [7, 11) is 0. The van der Waals surface area contributed by atoms with E-state index in [-0.39, 0.29) is 12.5 Å². The molecular weight excluding hydrogens is 582 g/mol. The number of anilines is 1. The van der Waals surface area contributed by atoms with Crippen molar-refractivity contribution in [3.05, 3.63) is 108 Å². The van der Waals surface area contributed by atoms with Gasteiger partial charge in [0.1, 0.15) is 17.4 Å². The summed E-state index contributed by atoms with van der Waals surface area (Å²) in [6, 6.07) is 18.1. The van der Waals surface area contributed by atoms with Gasteiger partial charge in [-0.2, -0.15) is 0 Å². The molecule has 0 spiro atoms. The summed E-state index contributed by atoms with van der Waals surface area (Å²) in [5.74, 6) is 0.269. The van der Waals surface area contributed by atoms with E-state index < -0.39 is 0 Å². The van der Waals surface area contributed by atoms with Crippen LogP contribution in [-0.2, 0) is 19.4 Å². The van der Waals surface area contributed by atoms with Crippen molar-refractivity contribution in [2.24, 2.45) is 4.99 Å². The van der Waals surface area contributed by atoms with Crippen LogP contribution in [0.5, 0.6) is 5.75 Å². The molecule has 4 nitrogen and oxygen atoms in total. The average Bonchev–Trinajstić information content (AvgIpc) is 3.28. The van der Waals surface area contributed by atoms with E-state index in [4.69, 9.17) is 56.1 Å². The molecule has 38 heavy (non-hydrogen) atoms. The Balaban J connectivity index is 1.46. The Morgan fingerprint density at radius 2 is 1.74 bits per heavy atom. The third kappa shape index (κ3) is 6.19. The molecule has 0 unspecified atom stereocenters. The maximum absolute atomic E-state index is 13.4. The van der Waals surface area contributed by atoms with Gasteiger partial charge in [0.15, 0.2) is 0 Å². The number of ether oxygens (including phenoxy) is 1. The highest BCUT2D eigenvalue weighted by atomic mass is 35.5. The number of rotatable bonds is 7. The Morgan fingerprint density at radius 3 is 2.53 bits per heavy atom.